The van der Waals surface area contributed by atoms with Gasteiger partial charge in [0, 0.05) is 6.04 Å². The molecule has 1 heterocycles. The first-order chi connectivity index (χ1) is 8.05. The Kier molecular flexibility index (Phi) is 3.66. The molecule has 2 rings (SSSR count). The van der Waals surface area contributed by atoms with Crippen LogP contribution in [0.25, 0.3) is 0 Å². The Morgan fingerprint density at radius 3 is 2.59 bits per heavy atom. The molecule has 0 radical (unpaired) electrons. The minimum Gasteiger partial charge on any atom is -0.492 e. The molecule has 94 valence electrons. The summed E-state index contributed by atoms with van der Waals surface area (Å²) < 4.78 is 27.6. The van der Waals surface area contributed by atoms with E-state index in [0.717, 1.165) is 13.0 Å². The number of primary sulfonamides is 1. The van der Waals surface area contributed by atoms with E-state index in [0.29, 0.717) is 18.4 Å². The lowest BCUT2D eigenvalue weighted by atomic mass is 10.2. The summed E-state index contributed by atoms with van der Waals surface area (Å²) in [7, 11) is -3.62. The number of hydrogen-bond acceptors (Lipinski definition) is 4. The Hall–Kier alpha value is -1.11. The highest BCUT2D eigenvalue weighted by atomic mass is 32.2. The summed E-state index contributed by atoms with van der Waals surface area (Å²) in [5.74, 6) is 0.658. The van der Waals surface area contributed by atoms with Crippen LogP contribution in [0.1, 0.15) is 12.8 Å². The molecule has 0 aromatic heterocycles. The number of nitrogens with two attached hydrogens (primary N) is 1. The van der Waals surface area contributed by atoms with Gasteiger partial charge in [0.25, 0.3) is 0 Å². The molecule has 0 saturated carbocycles. The first-order valence-corrected chi connectivity index (χ1v) is 7.09. The standard InChI is InChI=1S/C11H16N2O3S/c12-17(14,15)11-5-3-10(4-6-11)16-8-9-2-1-7-13-9/h3-6,9,13H,1-2,7-8H2,(H2,12,14,15)/t9-/m1/s1. The molecule has 1 aromatic carbocycles. The second-order valence-electron chi connectivity index (χ2n) is 4.12. The fourth-order valence-corrected chi connectivity index (χ4v) is 2.34. The molecule has 1 aliphatic rings. The highest BCUT2D eigenvalue weighted by molar-refractivity contribution is 7.89. The number of rotatable bonds is 4. The molecule has 1 fully saturated rings. The third kappa shape index (κ3) is 3.42. The molecule has 1 aromatic rings. The van der Waals surface area contributed by atoms with Crippen LogP contribution in [-0.2, 0) is 10.0 Å². The maximum absolute atomic E-state index is 11.0. The number of nitrogens with one attached hydrogen (secondary N) is 1. The van der Waals surface area contributed by atoms with Crippen LogP contribution < -0.4 is 15.2 Å². The van der Waals surface area contributed by atoms with Gasteiger partial charge >= 0.3 is 0 Å². The van der Waals surface area contributed by atoms with E-state index in [4.69, 9.17) is 9.88 Å². The Bertz CT molecular complexity index is 464. The summed E-state index contributed by atoms with van der Waals surface area (Å²) in [4.78, 5) is 0.101. The first-order valence-electron chi connectivity index (χ1n) is 5.55. The van der Waals surface area contributed by atoms with Crippen LogP contribution >= 0.6 is 0 Å². The maximum atomic E-state index is 11.0. The Morgan fingerprint density at radius 2 is 2.06 bits per heavy atom. The van der Waals surface area contributed by atoms with Crippen molar-refractivity contribution in [1.82, 2.24) is 5.32 Å². The van der Waals surface area contributed by atoms with Crippen molar-refractivity contribution in [1.29, 1.82) is 0 Å². The summed E-state index contributed by atoms with van der Waals surface area (Å²) in [6.45, 7) is 1.65. The van der Waals surface area contributed by atoms with Gasteiger partial charge in [-0.15, -0.1) is 0 Å². The second kappa shape index (κ2) is 5.03. The zero-order valence-corrected chi connectivity index (χ0v) is 10.2. The highest BCUT2D eigenvalue weighted by Crippen LogP contribution is 2.16. The van der Waals surface area contributed by atoms with Crippen LogP contribution in [0, 0.1) is 0 Å². The van der Waals surface area contributed by atoms with E-state index in [1.165, 1.54) is 18.6 Å². The number of sulfonamides is 1. The minimum atomic E-state index is -3.62. The first kappa shape index (κ1) is 12.3. The Morgan fingerprint density at radius 1 is 1.35 bits per heavy atom. The number of ether oxygens (including phenoxy) is 1. The van der Waals surface area contributed by atoms with Crippen molar-refractivity contribution in [3.05, 3.63) is 24.3 Å². The molecular weight excluding hydrogens is 240 g/mol. The largest absolute Gasteiger partial charge is 0.492 e. The smallest absolute Gasteiger partial charge is 0.238 e. The van der Waals surface area contributed by atoms with Gasteiger partial charge in [0.15, 0.2) is 0 Å². The van der Waals surface area contributed by atoms with E-state index in [1.807, 2.05) is 0 Å². The third-order valence-corrected chi connectivity index (χ3v) is 3.70. The molecule has 1 atom stereocenters. The molecular formula is C11H16N2O3S. The van der Waals surface area contributed by atoms with Crippen molar-refractivity contribution in [2.24, 2.45) is 5.14 Å². The summed E-state index contributed by atoms with van der Waals surface area (Å²) in [5, 5.41) is 8.32. The molecule has 0 spiro atoms. The molecule has 0 unspecified atom stereocenters. The maximum Gasteiger partial charge on any atom is 0.238 e. The van der Waals surface area contributed by atoms with Gasteiger partial charge in [-0.2, -0.15) is 0 Å². The molecule has 1 aliphatic heterocycles. The van der Waals surface area contributed by atoms with Gasteiger partial charge in [0.05, 0.1) is 4.90 Å². The predicted molar refractivity (Wildman–Crippen MR) is 64.3 cm³/mol. The van der Waals surface area contributed by atoms with Gasteiger partial charge in [-0.25, -0.2) is 13.6 Å². The summed E-state index contributed by atoms with van der Waals surface area (Å²) in [6.07, 6.45) is 2.30. The molecule has 17 heavy (non-hydrogen) atoms. The molecule has 5 nitrogen and oxygen atoms in total. The highest BCUT2D eigenvalue weighted by Gasteiger charge is 2.14. The van der Waals surface area contributed by atoms with Crippen molar-refractivity contribution >= 4 is 10.0 Å². The van der Waals surface area contributed by atoms with Crippen LogP contribution in [0.4, 0.5) is 0 Å². The van der Waals surface area contributed by atoms with Gasteiger partial charge < -0.3 is 10.1 Å². The molecule has 6 heteroatoms. The average Bonchev–Trinajstić information content (AvgIpc) is 2.78. The normalized spacial score (nSPS) is 20.4. The average molecular weight is 256 g/mol. The summed E-state index contributed by atoms with van der Waals surface area (Å²) in [6, 6.07) is 6.54. The van der Waals surface area contributed by atoms with Crippen LogP contribution in [0.15, 0.2) is 29.2 Å². The quantitative estimate of drug-likeness (QED) is 0.820. The number of hydrogen-bond donors (Lipinski definition) is 2. The zero-order chi connectivity index (χ0) is 12.3. The van der Waals surface area contributed by atoms with Gasteiger partial charge in [0.2, 0.25) is 10.0 Å². The van der Waals surface area contributed by atoms with Gasteiger partial charge in [-0.1, -0.05) is 0 Å². The lowest BCUT2D eigenvalue weighted by Gasteiger charge is -2.12. The fraction of sp³-hybridized carbons (Fsp3) is 0.455. The van der Waals surface area contributed by atoms with E-state index in [9.17, 15) is 8.42 Å². The van der Waals surface area contributed by atoms with Gasteiger partial charge in [0.1, 0.15) is 12.4 Å². The van der Waals surface area contributed by atoms with E-state index >= 15 is 0 Å². The molecule has 0 bridgehead atoms. The van der Waals surface area contributed by atoms with Crippen molar-refractivity contribution < 1.29 is 13.2 Å². The second-order valence-corrected chi connectivity index (χ2v) is 5.68. The number of benzene rings is 1. The summed E-state index contributed by atoms with van der Waals surface area (Å²) in [5.41, 5.74) is 0. The molecule has 0 amide bonds. The molecule has 1 saturated heterocycles. The predicted octanol–water partition coefficient (Wildman–Crippen LogP) is 0.465. The van der Waals surface area contributed by atoms with Crippen molar-refractivity contribution in [2.75, 3.05) is 13.2 Å². The van der Waals surface area contributed by atoms with Crippen molar-refractivity contribution in [2.45, 2.75) is 23.8 Å². The SMILES string of the molecule is NS(=O)(=O)c1ccc(OC[C@H]2CCCN2)cc1. The molecule has 3 N–H and O–H groups in total. The van der Waals surface area contributed by atoms with Crippen LogP contribution in [0.5, 0.6) is 5.75 Å². The van der Waals surface area contributed by atoms with Crippen molar-refractivity contribution in [3.63, 3.8) is 0 Å². The minimum absolute atomic E-state index is 0.101. The van der Waals surface area contributed by atoms with Crippen LogP contribution in [0.2, 0.25) is 0 Å². The lowest BCUT2D eigenvalue weighted by Crippen LogP contribution is -2.28. The topological polar surface area (TPSA) is 81.4 Å². The Labute approximate surface area is 101 Å². The monoisotopic (exact) mass is 256 g/mol. The molecule has 0 aliphatic carbocycles. The zero-order valence-electron chi connectivity index (χ0n) is 9.43. The van der Waals surface area contributed by atoms with Gasteiger partial charge in [-0.05, 0) is 43.7 Å². The van der Waals surface area contributed by atoms with Crippen LogP contribution in [0.3, 0.4) is 0 Å². The van der Waals surface area contributed by atoms with Crippen LogP contribution in [-0.4, -0.2) is 27.6 Å². The summed E-state index contributed by atoms with van der Waals surface area (Å²) >= 11 is 0. The Balaban J connectivity index is 1.94. The van der Waals surface area contributed by atoms with Crippen molar-refractivity contribution in [3.8, 4) is 5.75 Å². The van der Waals surface area contributed by atoms with E-state index < -0.39 is 10.0 Å². The fourth-order valence-electron chi connectivity index (χ4n) is 1.82. The lowest BCUT2D eigenvalue weighted by molar-refractivity contribution is 0.277. The van der Waals surface area contributed by atoms with Gasteiger partial charge in [-0.3, -0.25) is 0 Å². The van der Waals surface area contributed by atoms with E-state index in [2.05, 4.69) is 5.32 Å². The van der Waals surface area contributed by atoms with E-state index in [-0.39, 0.29) is 4.90 Å². The third-order valence-electron chi connectivity index (χ3n) is 2.77. The van der Waals surface area contributed by atoms with E-state index in [1.54, 1.807) is 12.1 Å².